The second kappa shape index (κ2) is 6.90. The summed E-state index contributed by atoms with van der Waals surface area (Å²) < 4.78 is 29.6. The van der Waals surface area contributed by atoms with Crippen molar-refractivity contribution in [2.75, 3.05) is 18.7 Å². The number of aromatic nitrogens is 2. The van der Waals surface area contributed by atoms with Crippen LogP contribution in [0, 0.1) is 11.6 Å². The zero-order valence-electron chi connectivity index (χ0n) is 16.5. The van der Waals surface area contributed by atoms with E-state index in [0.29, 0.717) is 35.1 Å². The van der Waals surface area contributed by atoms with Crippen LogP contribution in [0.3, 0.4) is 0 Å². The van der Waals surface area contributed by atoms with Crippen molar-refractivity contribution in [1.29, 1.82) is 0 Å². The normalized spacial score (nSPS) is 15.9. The zero-order chi connectivity index (χ0) is 21.9. The monoisotopic (exact) mass is 424 g/mol. The number of carbonyl (C=O) groups excluding carboxylic acids is 1. The molecule has 0 saturated heterocycles. The fourth-order valence-corrected chi connectivity index (χ4v) is 4.46. The molecule has 1 aliphatic heterocycles. The molecule has 9 heteroatoms. The van der Waals surface area contributed by atoms with E-state index in [4.69, 9.17) is 0 Å². The van der Waals surface area contributed by atoms with Crippen molar-refractivity contribution in [3.63, 3.8) is 0 Å². The molecule has 0 spiro atoms. The van der Waals surface area contributed by atoms with Crippen LogP contribution in [0.25, 0.3) is 0 Å². The van der Waals surface area contributed by atoms with Crippen LogP contribution in [-0.4, -0.2) is 39.5 Å². The maximum Gasteiger partial charge on any atom is 0.279 e. The number of hydrogen-bond donors (Lipinski definition) is 1. The number of aromatic hydroxyl groups is 1. The predicted molar refractivity (Wildman–Crippen MR) is 107 cm³/mol. The van der Waals surface area contributed by atoms with E-state index < -0.39 is 34.8 Å². The molecule has 31 heavy (non-hydrogen) atoms. The molecule has 0 fully saturated rings. The Hall–Kier alpha value is -3.75. The molecule has 158 valence electrons. The summed E-state index contributed by atoms with van der Waals surface area (Å²) in [4.78, 5) is 27.1. The van der Waals surface area contributed by atoms with Crippen LogP contribution in [0.4, 0.5) is 8.78 Å². The molecule has 0 saturated carbocycles. The molecular formula is C22H18F2N4O3. The van der Waals surface area contributed by atoms with Crippen molar-refractivity contribution in [3.05, 3.63) is 92.4 Å². The highest BCUT2D eigenvalue weighted by atomic mass is 19.1. The number of halogens is 2. The van der Waals surface area contributed by atoms with Gasteiger partial charge in [-0.25, -0.2) is 8.78 Å². The molecule has 1 aliphatic carbocycles. The Morgan fingerprint density at radius 3 is 2.16 bits per heavy atom. The van der Waals surface area contributed by atoms with Crippen LogP contribution in [0.2, 0.25) is 0 Å². The Bertz CT molecular complexity index is 1240. The first-order valence-electron chi connectivity index (χ1n) is 9.76. The van der Waals surface area contributed by atoms with Crippen molar-refractivity contribution in [1.82, 2.24) is 14.8 Å². The van der Waals surface area contributed by atoms with Gasteiger partial charge in [0, 0.05) is 7.05 Å². The van der Waals surface area contributed by atoms with Gasteiger partial charge >= 0.3 is 0 Å². The molecule has 2 heterocycles. The van der Waals surface area contributed by atoms with Crippen molar-refractivity contribution in [2.24, 2.45) is 0 Å². The van der Waals surface area contributed by atoms with Crippen molar-refractivity contribution < 1.29 is 18.7 Å². The first-order chi connectivity index (χ1) is 14.9. The molecule has 1 amide bonds. The number of carbonyl (C=O) groups is 1. The van der Waals surface area contributed by atoms with Gasteiger partial charge in [-0.15, -0.1) is 0 Å². The molecule has 1 aromatic heterocycles. The second-order valence-electron chi connectivity index (χ2n) is 7.70. The number of nitrogens with zero attached hydrogens (tertiary/aromatic N) is 4. The number of amides is 1. The first-order valence-corrected chi connectivity index (χ1v) is 9.76. The topological polar surface area (TPSA) is 78.7 Å². The molecule has 0 atom stereocenters. The molecule has 3 aromatic rings. The van der Waals surface area contributed by atoms with Crippen LogP contribution >= 0.6 is 0 Å². The van der Waals surface area contributed by atoms with E-state index in [1.54, 1.807) is 29.3 Å². The van der Waals surface area contributed by atoms with Gasteiger partial charge in [-0.3, -0.25) is 14.6 Å². The Morgan fingerprint density at radius 2 is 1.58 bits per heavy atom. The van der Waals surface area contributed by atoms with Crippen LogP contribution in [-0.2, 0) is 12.8 Å². The average molecular weight is 424 g/mol. The molecule has 2 aliphatic rings. The lowest BCUT2D eigenvalue weighted by Gasteiger charge is -2.42. The van der Waals surface area contributed by atoms with Crippen molar-refractivity contribution in [2.45, 2.75) is 18.9 Å². The summed E-state index contributed by atoms with van der Waals surface area (Å²) in [5.74, 6) is -2.09. The summed E-state index contributed by atoms with van der Waals surface area (Å²) >= 11 is 0. The highest BCUT2D eigenvalue weighted by Gasteiger charge is 2.39. The van der Waals surface area contributed by atoms with Gasteiger partial charge in [0.25, 0.3) is 5.91 Å². The van der Waals surface area contributed by atoms with Gasteiger partial charge in [-0.1, -0.05) is 24.3 Å². The number of fused-ring (bicyclic) bond motifs is 3. The first kappa shape index (κ1) is 19.2. The maximum atomic E-state index is 14.8. The van der Waals surface area contributed by atoms with Gasteiger partial charge in [0.15, 0.2) is 11.4 Å². The van der Waals surface area contributed by atoms with Crippen molar-refractivity contribution in [3.8, 4) is 5.75 Å². The molecule has 5 rings (SSSR count). The van der Waals surface area contributed by atoms with Gasteiger partial charge in [0.2, 0.25) is 5.43 Å². The number of benzene rings is 2. The van der Waals surface area contributed by atoms with Gasteiger partial charge in [-0.2, -0.15) is 9.89 Å². The minimum atomic E-state index is -0.784. The smallest absolute Gasteiger partial charge is 0.279 e. The fourth-order valence-electron chi connectivity index (χ4n) is 4.46. The minimum absolute atomic E-state index is 0.0255. The summed E-state index contributed by atoms with van der Waals surface area (Å²) in [6, 6.07) is 8.72. The zero-order valence-corrected chi connectivity index (χ0v) is 16.5. The van der Waals surface area contributed by atoms with Gasteiger partial charge in [0.1, 0.15) is 24.5 Å². The summed E-state index contributed by atoms with van der Waals surface area (Å²) in [7, 11) is 1.52. The largest absolute Gasteiger partial charge is 0.502 e. The molecule has 2 aromatic carbocycles. The lowest BCUT2D eigenvalue weighted by molar-refractivity contribution is 0.0715. The highest BCUT2D eigenvalue weighted by Crippen LogP contribution is 2.39. The van der Waals surface area contributed by atoms with Crippen LogP contribution in [0.15, 0.2) is 47.4 Å². The summed E-state index contributed by atoms with van der Waals surface area (Å²) in [5.41, 5.74) is 1.05. The van der Waals surface area contributed by atoms with Crippen LogP contribution in [0.1, 0.15) is 38.8 Å². The molecular weight excluding hydrogens is 406 g/mol. The van der Waals surface area contributed by atoms with E-state index in [2.05, 4.69) is 5.10 Å². The Kier molecular flexibility index (Phi) is 4.28. The molecule has 0 bridgehead atoms. The third kappa shape index (κ3) is 2.80. The summed E-state index contributed by atoms with van der Waals surface area (Å²) in [6.07, 6.45) is 1.54. The summed E-state index contributed by atoms with van der Waals surface area (Å²) in [6.45, 7) is 0.0255. The van der Waals surface area contributed by atoms with E-state index in [-0.39, 0.29) is 12.4 Å². The van der Waals surface area contributed by atoms with E-state index >= 15 is 0 Å². The third-order valence-corrected chi connectivity index (χ3v) is 5.91. The molecule has 0 unspecified atom stereocenters. The second-order valence-corrected chi connectivity index (χ2v) is 7.70. The lowest BCUT2D eigenvalue weighted by Crippen LogP contribution is -2.55. The maximum absolute atomic E-state index is 14.8. The van der Waals surface area contributed by atoms with Crippen molar-refractivity contribution >= 4 is 5.91 Å². The Balaban J connectivity index is 1.82. The number of rotatable bonds is 1. The summed E-state index contributed by atoms with van der Waals surface area (Å²) in [5, 5.41) is 16.0. The van der Waals surface area contributed by atoms with Gasteiger partial charge in [0.05, 0.1) is 6.04 Å². The molecule has 0 radical (unpaired) electrons. The average Bonchev–Trinajstić information content (AvgIpc) is 2.91. The van der Waals surface area contributed by atoms with E-state index in [1.165, 1.54) is 28.9 Å². The van der Waals surface area contributed by atoms with E-state index in [9.17, 15) is 23.5 Å². The van der Waals surface area contributed by atoms with Crippen LogP contribution < -0.4 is 10.4 Å². The van der Waals surface area contributed by atoms with Gasteiger partial charge < -0.3 is 10.0 Å². The highest BCUT2D eigenvalue weighted by molar-refractivity contribution is 5.95. The Labute approximate surface area is 175 Å². The predicted octanol–water partition coefficient (Wildman–Crippen LogP) is 2.10. The minimum Gasteiger partial charge on any atom is -0.502 e. The third-order valence-electron chi connectivity index (χ3n) is 5.91. The standard InChI is InChI=1S/C22H18F2N4O3/c1-26-11-27(28-20(22(26)31)21(30)18(29)10-25-28)19-14-4-2-6-16(23)12(14)8-9-13-15(19)5-3-7-17(13)24/h2-7,10,19,30H,8-9,11H2,1H3. The molecule has 1 N–H and O–H groups in total. The van der Waals surface area contributed by atoms with Crippen LogP contribution in [0.5, 0.6) is 5.75 Å². The quantitative estimate of drug-likeness (QED) is 0.647. The fraction of sp³-hybridized carbons (Fsp3) is 0.227. The number of hydrogen-bond acceptors (Lipinski definition) is 5. The SMILES string of the molecule is CN1CN(C2c3cccc(F)c3CCc3c(F)cccc32)n2ncc(=O)c(O)c2C1=O. The van der Waals surface area contributed by atoms with E-state index in [1.807, 2.05) is 0 Å². The Morgan fingerprint density at radius 1 is 1.00 bits per heavy atom. The van der Waals surface area contributed by atoms with E-state index in [0.717, 1.165) is 6.20 Å². The molecule has 7 nitrogen and oxygen atoms in total. The van der Waals surface area contributed by atoms with Gasteiger partial charge in [-0.05, 0) is 47.2 Å². The lowest BCUT2D eigenvalue weighted by atomic mass is 9.93.